The summed E-state index contributed by atoms with van der Waals surface area (Å²) in [5, 5.41) is 8.04. The molecule has 0 saturated carbocycles. The predicted octanol–water partition coefficient (Wildman–Crippen LogP) is 4.71. The normalized spacial score (nSPS) is 11.9. The first-order valence-corrected chi connectivity index (χ1v) is 10.3. The van der Waals surface area contributed by atoms with Crippen LogP contribution in [-0.4, -0.2) is 15.9 Å². The fraction of sp³-hybridized carbons (Fsp3) is 0.0952. The lowest BCUT2D eigenvalue weighted by molar-refractivity contribution is -0.121. The van der Waals surface area contributed by atoms with Gasteiger partial charge < -0.3 is 5.32 Å². The second-order valence-electron chi connectivity index (χ2n) is 5.96. The summed E-state index contributed by atoms with van der Waals surface area (Å²) in [6, 6.07) is 19.4. The van der Waals surface area contributed by atoms with Crippen molar-refractivity contribution in [2.75, 3.05) is 0 Å². The van der Waals surface area contributed by atoms with Crippen LogP contribution in [-0.2, 0) is 11.2 Å². The maximum Gasteiger partial charge on any atom is 0.226 e. The van der Waals surface area contributed by atoms with Crippen LogP contribution in [0.1, 0.15) is 23.0 Å². The molecule has 6 heteroatoms. The maximum absolute atomic E-state index is 12.7. The summed E-state index contributed by atoms with van der Waals surface area (Å²) in [7, 11) is 0. The van der Waals surface area contributed by atoms with E-state index in [0.29, 0.717) is 0 Å². The molecule has 0 bridgehead atoms. The van der Waals surface area contributed by atoms with Gasteiger partial charge >= 0.3 is 0 Å². The summed E-state index contributed by atoms with van der Waals surface area (Å²) in [6.07, 6.45) is 1.99. The Kier molecular flexibility index (Phi) is 5.37. The monoisotopic (exact) mass is 391 g/mol. The second kappa shape index (κ2) is 8.24. The van der Waals surface area contributed by atoms with Crippen LogP contribution in [0.15, 0.2) is 77.6 Å². The van der Waals surface area contributed by atoms with Crippen LogP contribution in [0.2, 0.25) is 0 Å². The number of aromatic nitrogens is 2. The fourth-order valence-electron chi connectivity index (χ4n) is 2.80. The molecule has 3 aromatic heterocycles. The minimum absolute atomic E-state index is 0.0717. The first-order chi connectivity index (χ1) is 13.3. The average Bonchev–Trinajstić information content (AvgIpc) is 3.39. The molecular weight excluding hydrogens is 374 g/mol. The minimum Gasteiger partial charge on any atom is -0.343 e. The zero-order chi connectivity index (χ0) is 18.5. The molecule has 0 aliphatic heterocycles. The molecule has 0 radical (unpaired) electrons. The van der Waals surface area contributed by atoms with Gasteiger partial charge in [0.15, 0.2) is 0 Å². The number of amides is 1. The van der Waals surface area contributed by atoms with Gasteiger partial charge in [0.1, 0.15) is 5.01 Å². The number of benzene rings is 1. The zero-order valence-corrected chi connectivity index (χ0v) is 16.0. The molecule has 1 atom stereocenters. The van der Waals surface area contributed by atoms with E-state index in [2.05, 4.69) is 15.3 Å². The van der Waals surface area contributed by atoms with E-state index in [9.17, 15) is 4.79 Å². The summed E-state index contributed by atoms with van der Waals surface area (Å²) in [4.78, 5) is 22.8. The minimum atomic E-state index is -0.282. The quantitative estimate of drug-likeness (QED) is 0.518. The van der Waals surface area contributed by atoms with Gasteiger partial charge in [0.05, 0.1) is 28.7 Å². The third-order valence-electron chi connectivity index (χ3n) is 4.05. The Morgan fingerprint density at radius 1 is 1.00 bits per heavy atom. The molecule has 1 N–H and O–H groups in total. The molecule has 1 aromatic carbocycles. The van der Waals surface area contributed by atoms with Crippen molar-refractivity contribution in [3.8, 4) is 9.88 Å². The molecule has 4 nitrogen and oxygen atoms in total. The standard InChI is InChI=1S/C21H17N3OS2/c25-19(13-16-14-27-21(23-16)18-10-6-12-26-18)24-20(15-7-2-1-3-8-15)17-9-4-5-11-22-17/h1-12,14,20H,13H2,(H,24,25). The smallest absolute Gasteiger partial charge is 0.226 e. The molecule has 0 fully saturated rings. The Morgan fingerprint density at radius 2 is 1.85 bits per heavy atom. The number of pyridine rings is 1. The van der Waals surface area contributed by atoms with E-state index in [1.54, 1.807) is 28.9 Å². The molecule has 0 aliphatic carbocycles. The third kappa shape index (κ3) is 4.30. The van der Waals surface area contributed by atoms with Crippen LogP contribution >= 0.6 is 22.7 Å². The van der Waals surface area contributed by atoms with Crippen molar-refractivity contribution < 1.29 is 4.79 Å². The lowest BCUT2D eigenvalue weighted by atomic mass is 10.0. The van der Waals surface area contributed by atoms with E-state index in [-0.39, 0.29) is 18.4 Å². The van der Waals surface area contributed by atoms with Gasteiger partial charge in [-0.2, -0.15) is 0 Å². The van der Waals surface area contributed by atoms with Crippen molar-refractivity contribution in [2.24, 2.45) is 0 Å². The molecule has 1 unspecified atom stereocenters. The molecule has 4 rings (SSSR count). The Hall–Kier alpha value is -2.83. The van der Waals surface area contributed by atoms with E-state index < -0.39 is 0 Å². The lowest BCUT2D eigenvalue weighted by Gasteiger charge is -2.18. The van der Waals surface area contributed by atoms with Gasteiger partial charge in [-0.15, -0.1) is 22.7 Å². The number of carbonyl (C=O) groups excluding carboxylic acids is 1. The van der Waals surface area contributed by atoms with Crippen LogP contribution in [0.5, 0.6) is 0 Å². The molecular formula is C21H17N3OS2. The van der Waals surface area contributed by atoms with E-state index >= 15 is 0 Å². The molecule has 0 saturated heterocycles. The molecule has 1 amide bonds. The van der Waals surface area contributed by atoms with E-state index in [1.165, 1.54) is 0 Å². The molecule has 3 heterocycles. The zero-order valence-electron chi connectivity index (χ0n) is 14.4. The van der Waals surface area contributed by atoms with Gasteiger partial charge in [0, 0.05) is 11.6 Å². The Morgan fingerprint density at radius 3 is 2.59 bits per heavy atom. The third-order valence-corrected chi connectivity index (χ3v) is 5.98. The Labute approximate surface area is 165 Å². The van der Waals surface area contributed by atoms with Gasteiger partial charge in [-0.1, -0.05) is 42.5 Å². The van der Waals surface area contributed by atoms with Crippen LogP contribution in [0, 0.1) is 0 Å². The highest BCUT2D eigenvalue weighted by molar-refractivity contribution is 7.20. The SMILES string of the molecule is O=C(Cc1csc(-c2cccs2)n1)NC(c1ccccc1)c1ccccn1. The Balaban J connectivity index is 1.51. The number of hydrogen-bond donors (Lipinski definition) is 1. The number of thiophene rings is 1. The summed E-state index contributed by atoms with van der Waals surface area (Å²) >= 11 is 3.22. The van der Waals surface area contributed by atoms with Crippen molar-refractivity contribution in [1.82, 2.24) is 15.3 Å². The number of carbonyl (C=O) groups is 1. The number of nitrogens with zero attached hydrogens (tertiary/aromatic N) is 2. The summed E-state index contributed by atoms with van der Waals surface area (Å²) < 4.78 is 0. The highest BCUT2D eigenvalue weighted by atomic mass is 32.1. The van der Waals surface area contributed by atoms with E-state index in [1.807, 2.05) is 71.4 Å². The number of thiazole rings is 1. The highest BCUT2D eigenvalue weighted by Gasteiger charge is 2.19. The van der Waals surface area contributed by atoms with E-state index in [0.717, 1.165) is 26.8 Å². The summed E-state index contributed by atoms with van der Waals surface area (Å²) in [5.74, 6) is -0.0717. The van der Waals surface area contributed by atoms with Crippen LogP contribution in [0.25, 0.3) is 9.88 Å². The van der Waals surface area contributed by atoms with Gasteiger partial charge in [0.25, 0.3) is 0 Å². The molecule has 0 aliphatic rings. The van der Waals surface area contributed by atoms with Crippen molar-refractivity contribution in [3.63, 3.8) is 0 Å². The van der Waals surface area contributed by atoms with Crippen molar-refractivity contribution >= 4 is 28.6 Å². The predicted molar refractivity (Wildman–Crippen MR) is 110 cm³/mol. The fourth-order valence-corrected chi connectivity index (χ4v) is 4.43. The number of hydrogen-bond acceptors (Lipinski definition) is 5. The van der Waals surface area contributed by atoms with Crippen LogP contribution < -0.4 is 5.32 Å². The first kappa shape index (κ1) is 17.6. The molecule has 0 spiro atoms. The van der Waals surface area contributed by atoms with Crippen LogP contribution in [0.3, 0.4) is 0 Å². The van der Waals surface area contributed by atoms with Gasteiger partial charge in [-0.05, 0) is 29.1 Å². The van der Waals surface area contributed by atoms with Crippen molar-refractivity contribution in [2.45, 2.75) is 12.5 Å². The second-order valence-corrected chi connectivity index (χ2v) is 7.77. The van der Waals surface area contributed by atoms with Gasteiger partial charge in [-0.3, -0.25) is 9.78 Å². The summed E-state index contributed by atoms with van der Waals surface area (Å²) in [5.41, 5.74) is 2.60. The van der Waals surface area contributed by atoms with Crippen LogP contribution in [0.4, 0.5) is 0 Å². The largest absolute Gasteiger partial charge is 0.343 e. The average molecular weight is 392 g/mol. The van der Waals surface area contributed by atoms with Gasteiger partial charge in [0.2, 0.25) is 5.91 Å². The van der Waals surface area contributed by atoms with Crippen molar-refractivity contribution in [3.05, 3.63) is 94.6 Å². The topological polar surface area (TPSA) is 54.9 Å². The molecule has 4 aromatic rings. The van der Waals surface area contributed by atoms with Gasteiger partial charge in [-0.25, -0.2) is 4.98 Å². The number of nitrogens with one attached hydrogen (secondary N) is 1. The molecule has 27 heavy (non-hydrogen) atoms. The lowest BCUT2D eigenvalue weighted by Crippen LogP contribution is -2.31. The van der Waals surface area contributed by atoms with E-state index in [4.69, 9.17) is 0 Å². The van der Waals surface area contributed by atoms with Crippen molar-refractivity contribution in [1.29, 1.82) is 0 Å². The summed E-state index contributed by atoms with van der Waals surface area (Å²) in [6.45, 7) is 0. The molecule has 134 valence electrons. The highest BCUT2D eigenvalue weighted by Crippen LogP contribution is 2.28. The Bertz CT molecular complexity index is 959. The maximum atomic E-state index is 12.7. The first-order valence-electron chi connectivity index (χ1n) is 8.53. The number of rotatable bonds is 6.